The number of thioether (sulfide) groups is 1. The van der Waals surface area contributed by atoms with Crippen LogP contribution in [-0.2, 0) is 11.0 Å². The van der Waals surface area contributed by atoms with Crippen molar-refractivity contribution in [2.75, 3.05) is 11.1 Å². The predicted molar refractivity (Wildman–Crippen MR) is 106 cm³/mol. The van der Waals surface area contributed by atoms with Crippen molar-refractivity contribution in [3.8, 4) is 0 Å². The summed E-state index contributed by atoms with van der Waals surface area (Å²) in [5.41, 5.74) is 4.68. The first-order chi connectivity index (χ1) is 13.7. The average molecular weight is 445 g/mol. The second-order valence-corrected chi connectivity index (χ2v) is 8.57. The Labute approximate surface area is 172 Å². The molecule has 2 heterocycles. The smallest absolute Gasteiger partial charge is 0.370 e. The number of halogens is 3. The number of carbonyl (C=O) groups is 1. The fraction of sp³-hybridized carbons (Fsp3) is 0.375. The molecule has 0 spiro atoms. The molecule has 1 aliphatic rings. The van der Waals surface area contributed by atoms with Crippen LogP contribution in [0.15, 0.2) is 33.6 Å². The van der Waals surface area contributed by atoms with Crippen LogP contribution in [0.25, 0.3) is 0 Å². The van der Waals surface area contributed by atoms with Gasteiger partial charge >= 0.3 is 6.18 Å². The lowest BCUT2D eigenvalue weighted by Gasteiger charge is -2.29. The predicted octanol–water partition coefficient (Wildman–Crippen LogP) is 2.15. The van der Waals surface area contributed by atoms with Gasteiger partial charge in [-0.15, -0.1) is 10.2 Å². The molecule has 13 heteroatoms. The third kappa shape index (κ3) is 6.05. The highest BCUT2D eigenvalue weighted by molar-refractivity contribution is 8.01. The molecule has 3 rings (SSSR count). The summed E-state index contributed by atoms with van der Waals surface area (Å²) < 4.78 is 40.0. The Balaban J connectivity index is 1.63. The van der Waals surface area contributed by atoms with Gasteiger partial charge in [0.05, 0.1) is 11.3 Å². The number of alkyl halides is 3. The van der Waals surface area contributed by atoms with E-state index in [2.05, 4.69) is 31.1 Å². The number of aryl methyl sites for hydroxylation is 1. The van der Waals surface area contributed by atoms with E-state index >= 15 is 0 Å². The highest BCUT2D eigenvalue weighted by Gasteiger charge is 2.33. The number of benzene rings is 1. The van der Waals surface area contributed by atoms with Crippen LogP contribution in [0.3, 0.4) is 0 Å². The van der Waals surface area contributed by atoms with Crippen molar-refractivity contribution in [3.63, 3.8) is 0 Å². The first-order valence-electron chi connectivity index (χ1n) is 8.45. The maximum atomic E-state index is 13.1. The van der Waals surface area contributed by atoms with Crippen molar-refractivity contribution in [1.29, 1.82) is 0 Å². The molecule has 1 aromatic heterocycles. The number of amides is 1. The number of guanidine groups is 1. The number of hydrogen-bond acceptors (Lipinski definition) is 7. The Morgan fingerprint density at radius 2 is 2.17 bits per heavy atom. The number of aliphatic imine (C=N–C) groups is 1. The van der Waals surface area contributed by atoms with Crippen molar-refractivity contribution >= 4 is 40.7 Å². The zero-order valence-electron chi connectivity index (χ0n) is 15.2. The SMILES string of the molecule is Cc1nnc(SCC2CC(=O)NC(/N=C(\N)Nc3ccccc3C(F)(F)F)N2)s1. The summed E-state index contributed by atoms with van der Waals surface area (Å²) in [6.45, 7) is 1.85. The second-order valence-electron chi connectivity index (χ2n) is 6.12. The van der Waals surface area contributed by atoms with Crippen LogP contribution in [0, 0.1) is 6.92 Å². The lowest BCUT2D eigenvalue weighted by molar-refractivity contribution is -0.137. The molecule has 0 radical (unpaired) electrons. The van der Waals surface area contributed by atoms with Crippen molar-refractivity contribution in [2.24, 2.45) is 10.7 Å². The molecular weight excluding hydrogens is 427 g/mol. The summed E-state index contributed by atoms with van der Waals surface area (Å²) in [6, 6.07) is 4.72. The number of aromatic nitrogens is 2. The van der Waals surface area contributed by atoms with Gasteiger partial charge in [-0.25, -0.2) is 4.99 Å². The van der Waals surface area contributed by atoms with Gasteiger partial charge in [0, 0.05) is 18.2 Å². The van der Waals surface area contributed by atoms with E-state index in [0.29, 0.717) is 5.75 Å². The summed E-state index contributed by atoms with van der Waals surface area (Å²) in [5, 5.41) is 16.9. The molecule has 1 aromatic carbocycles. The van der Waals surface area contributed by atoms with E-state index in [1.807, 2.05) is 6.92 Å². The highest BCUT2D eigenvalue weighted by atomic mass is 32.2. The minimum Gasteiger partial charge on any atom is -0.370 e. The molecule has 0 saturated carbocycles. The third-order valence-corrected chi connectivity index (χ3v) is 5.94. The van der Waals surface area contributed by atoms with E-state index in [1.54, 1.807) is 0 Å². The Bertz CT molecular complexity index is 903. The van der Waals surface area contributed by atoms with E-state index in [4.69, 9.17) is 5.73 Å². The van der Waals surface area contributed by atoms with Gasteiger partial charge in [-0.1, -0.05) is 35.2 Å². The maximum Gasteiger partial charge on any atom is 0.418 e. The molecule has 1 amide bonds. The van der Waals surface area contributed by atoms with Crippen LogP contribution < -0.4 is 21.7 Å². The number of hydrogen-bond donors (Lipinski definition) is 4. The molecule has 8 nitrogen and oxygen atoms in total. The zero-order chi connectivity index (χ0) is 21.0. The largest absolute Gasteiger partial charge is 0.418 e. The molecule has 1 fully saturated rings. The first-order valence-corrected chi connectivity index (χ1v) is 10.3. The van der Waals surface area contributed by atoms with Crippen molar-refractivity contribution < 1.29 is 18.0 Å². The number of anilines is 1. The first kappa shape index (κ1) is 21.3. The van der Waals surface area contributed by atoms with Gasteiger partial charge in [0.1, 0.15) is 5.01 Å². The minimum absolute atomic E-state index is 0.207. The Morgan fingerprint density at radius 1 is 1.41 bits per heavy atom. The number of para-hydroxylation sites is 1. The quantitative estimate of drug-likeness (QED) is 0.316. The minimum atomic E-state index is -4.54. The van der Waals surface area contributed by atoms with Gasteiger partial charge in [-0.05, 0) is 19.1 Å². The monoisotopic (exact) mass is 445 g/mol. The van der Waals surface area contributed by atoms with Crippen LogP contribution in [0.2, 0.25) is 0 Å². The van der Waals surface area contributed by atoms with E-state index in [0.717, 1.165) is 15.4 Å². The summed E-state index contributed by atoms with van der Waals surface area (Å²) in [4.78, 5) is 16.0. The van der Waals surface area contributed by atoms with Crippen molar-refractivity contribution in [1.82, 2.24) is 20.8 Å². The van der Waals surface area contributed by atoms with Crippen molar-refractivity contribution in [3.05, 3.63) is 34.8 Å². The summed E-state index contributed by atoms with van der Waals surface area (Å²) in [7, 11) is 0. The summed E-state index contributed by atoms with van der Waals surface area (Å²) >= 11 is 2.92. The number of nitrogens with one attached hydrogen (secondary N) is 3. The zero-order valence-corrected chi connectivity index (χ0v) is 16.8. The van der Waals surface area contributed by atoms with Gasteiger partial charge < -0.3 is 16.4 Å². The molecule has 156 valence electrons. The van der Waals surface area contributed by atoms with E-state index in [-0.39, 0.29) is 30.0 Å². The van der Waals surface area contributed by atoms with Crippen LogP contribution >= 0.6 is 23.1 Å². The van der Waals surface area contributed by atoms with Crippen LogP contribution in [0.4, 0.5) is 18.9 Å². The number of rotatable bonds is 5. The lowest BCUT2D eigenvalue weighted by atomic mass is 10.1. The van der Waals surface area contributed by atoms with Crippen molar-refractivity contribution in [2.45, 2.75) is 36.2 Å². The fourth-order valence-electron chi connectivity index (χ4n) is 2.59. The van der Waals surface area contributed by atoms with Gasteiger partial charge in [0.25, 0.3) is 0 Å². The fourth-order valence-corrected chi connectivity index (χ4v) is 4.47. The Kier molecular flexibility index (Phi) is 6.59. The van der Waals surface area contributed by atoms with Crippen LogP contribution in [0.1, 0.15) is 17.0 Å². The number of nitrogens with zero attached hydrogens (tertiary/aromatic N) is 3. The normalized spacial score (nSPS) is 20.4. The second kappa shape index (κ2) is 8.97. The molecular formula is C16H18F3N7OS2. The van der Waals surface area contributed by atoms with Gasteiger partial charge in [0.15, 0.2) is 16.6 Å². The molecule has 2 unspecified atom stereocenters. The summed E-state index contributed by atoms with van der Waals surface area (Å²) in [5.74, 6) is 0.0609. The molecule has 1 saturated heterocycles. The third-order valence-electron chi connectivity index (χ3n) is 3.80. The summed E-state index contributed by atoms with van der Waals surface area (Å²) in [6.07, 6.45) is -5.16. The molecule has 0 bridgehead atoms. The lowest BCUT2D eigenvalue weighted by Crippen LogP contribution is -2.57. The number of carbonyl (C=O) groups excluding carboxylic acids is 1. The Morgan fingerprint density at radius 3 is 2.86 bits per heavy atom. The van der Waals surface area contributed by atoms with Crippen LogP contribution in [0.5, 0.6) is 0 Å². The van der Waals surface area contributed by atoms with Gasteiger partial charge in [-0.2, -0.15) is 13.2 Å². The number of nitrogens with two attached hydrogens (primary N) is 1. The van der Waals surface area contributed by atoms with E-state index < -0.39 is 18.0 Å². The molecule has 29 heavy (non-hydrogen) atoms. The van der Waals surface area contributed by atoms with Crippen LogP contribution in [-0.4, -0.2) is 40.1 Å². The molecule has 2 aromatic rings. The molecule has 1 aliphatic heterocycles. The highest BCUT2D eigenvalue weighted by Crippen LogP contribution is 2.34. The molecule has 2 atom stereocenters. The maximum absolute atomic E-state index is 13.1. The molecule has 5 N–H and O–H groups in total. The van der Waals surface area contributed by atoms with Gasteiger partial charge in [-0.3, -0.25) is 10.1 Å². The Hall–Kier alpha value is -2.38. The van der Waals surface area contributed by atoms with Gasteiger partial charge in [0.2, 0.25) is 5.91 Å². The topological polar surface area (TPSA) is 117 Å². The van der Waals surface area contributed by atoms with E-state index in [9.17, 15) is 18.0 Å². The molecule has 0 aliphatic carbocycles. The average Bonchev–Trinajstić information content (AvgIpc) is 3.04. The van der Waals surface area contributed by atoms with E-state index in [1.165, 1.54) is 41.3 Å². The standard InChI is InChI=1S/C16H18F3N7OS2/c1-8-25-26-15(29-8)28-7-9-6-12(27)23-14(21-9)24-13(20)22-11-5-3-2-4-10(11)16(17,18)19/h2-5,9,14,21H,6-7H2,1H3,(H,23,27)(H3,20,22,24).